The third-order valence-corrected chi connectivity index (χ3v) is 12.5. The van der Waals surface area contributed by atoms with Crippen LogP contribution in [0.3, 0.4) is 0 Å². The molecule has 3 saturated heterocycles. The monoisotopic (exact) mass is 937 g/mol. The van der Waals surface area contributed by atoms with Gasteiger partial charge in [-0.15, -0.1) is 0 Å². The van der Waals surface area contributed by atoms with Gasteiger partial charge in [-0.3, -0.25) is 9.59 Å². The number of carboxylic acid groups (broad SMARTS) is 1. The van der Waals surface area contributed by atoms with E-state index in [1.807, 2.05) is 32.9 Å². The molecule has 67 heavy (non-hydrogen) atoms. The average molecular weight is 938 g/mol. The van der Waals surface area contributed by atoms with Gasteiger partial charge in [0.25, 0.3) is 0 Å². The van der Waals surface area contributed by atoms with E-state index in [1.54, 1.807) is 113 Å². The van der Waals surface area contributed by atoms with E-state index in [9.17, 15) is 34.8 Å². The molecular weight excluding hydrogens is 867 g/mol. The van der Waals surface area contributed by atoms with Gasteiger partial charge >= 0.3 is 11.9 Å². The Labute approximate surface area is 394 Å². The van der Waals surface area contributed by atoms with E-state index in [0.29, 0.717) is 12.0 Å². The quantitative estimate of drug-likeness (QED) is 0.0537. The Morgan fingerprint density at radius 3 is 2.33 bits per heavy atom. The summed E-state index contributed by atoms with van der Waals surface area (Å²) in [7, 11) is 3.04. The van der Waals surface area contributed by atoms with Gasteiger partial charge < -0.3 is 64.0 Å². The third-order valence-electron chi connectivity index (χ3n) is 12.5. The normalized spacial score (nSPS) is 31.9. The molecule has 0 bridgehead atoms. The largest absolute Gasteiger partial charge is 0.478 e. The van der Waals surface area contributed by atoms with Gasteiger partial charge in [-0.1, -0.05) is 124 Å². The second kappa shape index (κ2) is 26.2. The fourth-order valence-electron chi connectivity index (χ4n) is 8.51. The number of esters is 1. The van der Waals surface area contributed by atoms with Crippen molar-refractivity contribution in [3.05, 3.63) is 120 Å². The lowest BCUT2D eigenvalue weighted by Crippen LogP contribution is -2.70. The summed E-state index contributed by atoms with van der Waals surface area (Å²) in [5.41, 5.74) is 0.413. The van der Waals surface area contributed by atoms with Gasteiger partial charge in [0, 0.05) is 51.0 Å². The van der Waals surface area contributed by atoms with Crippen LogP contribution in [0.15, 0.2) is 115 Å². The molecule has 3 aliphatic heterocycles. The number of carbonyl (C=O) groups excluding carboxylic acids is 2. The average Bonchev–Trinajstić information content (AvgIpc) is 3.66. The Hall–Kier alpha value is -4.59. The van der Waals surface area contributed by atoms with Crippen LogP contribution in [0.1, 0.15) is 59.9 Å². The van der Waals surface area contributed by atoms with E-state index in [0.717, 1.165) is 11.6 Å². The molecule has 0 aliphatic carbocycles. The number of methoxy groups -OCH3 is 2. The van der Waals surface area contributed by atoms with Crippen LogP contribution in [-0.4, -0.2) is 144 Å². The van der Waals surface area contributed by atoms with Crippen molar-refractivity contribution < 1.29 is 73.1 Å². The number of carboxylic acids is 1. The van der Waals surface area contributed by atoms with Crippen LogP contribution in [0.25, 0.3) is 0 Å². The summed E-state index contributed by atoms with van der Waals surface area (Å²) < 4.78 is 41.9. The van der Waals surface area contributed by atoms with E-state index in [2.05, 4.69) is 5.32 Å². The molecule has 370 valence electrons. The van der Waals surface area contributed by atoms with Crippen LogP contribution in [0.5, 0.6) is 0 Å². The third kappa shape index (κ3) is 15.2. The van der Waals surface area contributed by atoms with Crippen LogP contribution < -0.4 is 5.32 Å². The number of aliphatic hydroxyl groups excluding tert-OH is 3. The van der Waals surface area contributed by atoms with Crippen molar-refractivity contribution in [2.45, 2.75) is 134 Å². The lowest BCUT2D eigenvalue weighted by molar-refractivity contribution is -0.366. The zero-order valence-electron chi connectivity index (χ0n) is 39.8. The second-order valence-corrected chi connectivity index (χ2v) is 17.7. The molecule has 1 aromatic rings. The summed E-state index contributed by atoms with van der Waals surface area (Å²) in [5.74, 6) is -6.91. The first-order valence-corrected chi connectivity index (χ1v) is 22.7. The van der Waals surface area contributed by atoms with Crippen molar-refractivity contribution in [1.82, 2.24) is 5.32 Å². The molecule has 6 N–H and O–H groups in total. The van der Waals surface area contributed by atoms with Crippen LogP contribution in [0, 0.1) is 17.3 Å². The van der Waals surface area contributed by atoms with Crippen molar-refractivity contribution in [2.75, 3.05) is 27.4 Å². The van der Waals surface area contributed by atoms with Gasteiger partial charge in [0.15, 0.2) is 6.29 Å². The van der Waals surface area contributed by atoms with Crippen LogP contribution in [0.2, 0.25) is 0 Å². The molecule has 6 unspecified atom stereocenters. The first-order chi connectivity index (χ1) is 31.9. The summed E-state index contributed by atoms with van der Waals surface area (Å²) >= 11 is 0. The molecule has 4 rings (SSSR count). The topological polar surface area (TPSA) is 229 Å². The van der Waals surface area contributed by atoms with Crippen LogP contribution in [0.4, 0.5) is 0 Å². The number of ether oxygens (including phenoxy) is 7. The lowest BCUT2D eigenvalue weighted by Gasteiger charge is -2.54. The highest BCUT2D eigenvalue weighted by molar-refractivity contribution is 5.80. The second-order valence-electron chi connectivity index (χ2n) is 17.7. The number of hydrogen-bond acceptors (Lipinski definition) is 14. The number of benzene rings is 1. The van der Waals surface area contributed by atoms with E-state index in [1.165, 1.54) is 13.2 Å². The molecule has 14 atom stereocenters. The van der Waals surface area contributed by atoms with Gasteiger partial charge in [0.05, 0.1) is 49.7 Å². The Kier molecular flexibility index (Phi) is 21.5. The number of aliphatic carboxylic acids is 1. The van der Waals surface area contributed by atoms with Crippen molar-refractivity contribution in [3.8, 4) is 0 Å². The van der Waals surface area contributed by atoms with Gasteiger partial charge in [-0.25, -0.2) is 4.79 Å². The molecular formula is C51H71NO15. The molecule has 1 amide bonds. The molecule has 16 nitrogen and oxygen atoms in total. The van der Waals surface area contributed by atoms with Crippen molar-refractivity contribution in [2.24, 2.45) is 17.3 Å². The zero-order chi connectivity index (χ0) is 49.3. The van der Waals surface area contributed by atoms with E-state index < -0.39 is 103 Å². The lowest BCUT2D eigenvalue weighted by atomic mass is 9.71. The molecule has 0 aromatic heterocycles. The van der Waals surface area contributed by atoms with Crippen LogP contribution in [-0.2, 0) is 54.0 Å². The highest BCUT2D eigenvalue weighted by Crippen LogP contribution is 2.46. The Bertz CT molecular complexity index is 1960. The molecule has 0 saturated carbocycles. The smallest absolute Gasteiger partial charge is 0.328 e. The summed E-state index contributed by atoms with van der Waals surface area (Å²) in [6, 6.07) is 8.95. The Morgan fingerprint density at radius 1 is 0.955 bits per heavy atom. The number of carbonyl (C=O) groups is 3. The molecule has 0 spiro atoms. The van der Waals surface area contributed by atoms with Crippen molar-refractivity contribution >= 4 is 17.8 Å². The SMILES string of the molecule is C/C=C/C=C/[C@@H]1O[C@](O)(C(CO[C@@H]2C[C@@H](OC)[C@@H](O)[C@@H](C)O2)C(=O)NC/C=C/C=C(/C)C(OC)C(C)C2CC(O)C(/C=C/C=C/C=C/C(=O)O)O2)[C@H](O)[C@H](OC(=O)Cc2ccccc2)C1(C)C. The fraction of sp³-hybridized carbons (Fsp3) is 0.549. The predicted octanol–water partition coefficient (Wildman–Crippen LogP) is 4.43. The minimum absolute atomic E-state index is 0.0223. The molecule has 3 fully saturated rings. The highest BCUT2D eigenvalue weighted by atomic mass is 16.7. The minimum Gasteiger partial charge on any atom is -0.478 e. The number of allylic oxidation sites excluding steroid dienone is 9. The zero-order valence-corrected chi connectivity index (χ0v) is 39.8. The molecule has 1 aromatic carbocycles. The Balaban J connectivity index is 1.54. The van der Waals surface area contributed by atoms with E-state index >= 15 is 0 Å². The van der Waals surface area contributed by atoms with E-state index in [-0.39, 0.29) is 31.4 Å². The summed E-state index contributed by atoms with van der Waals surface area (Å²) in [6.07, 6.45) is 12.0. The molecule has 16 heteroatoms. The van der Waals surface area contributed by atoms with E-state index in [4.69, 9.17) is 38.3 Å². The fourth-order valence-corrected chi connectivity index (χ4v) is 8.51. The molecule has 3 aliphatic rings. The number of amides is 1. The highest BCUT2D eigenvalue weighted by Gasteiger charge is 2.63. The number of aliphatic hydroxyl groups is 4. The predicted molar refractivity (Wildman–Crippen MR) is 249 cm³/mol. The first-order valence-electron chi connectivity index (χ1n) is 22.7. The summed E-state index contributed by atoms with van der Waals surface area (Å²) in [6.45, 7) is 10.3. The molecule has 3 heterocycles. The van der Waals surface area contributed by atoms with Gasteiger partial charge in [0.2, 0.25) is 11.7 Å². The molecule has 0 radical (unpaired) electrons. The summed E-state index contributed by atoms with van der Waals surface area (Å²) in [5, 5.41) is 57.5. The Morgan fingerprint density at radius 2 is 1.66 bits per heavy atom. The van der Waals surface area contributed by atoms with Crippen molar-refractivity contribution in [3.63, 3.8) is 0 Å². The first kappa shape index (κ1) is 55.0. The summed E-state index contributed by atoms with van der Waals surface area (Å²) in [4.78, 5) is 38.5. The standard InChI is InChI=1S/C51H71NO15/c1-9-10-14-25-41-50(5,6)48(66-43(56)28-35-22-15-13-16-23-35)47(58)51(60,67-41)36(31-63-44-30-40(61-7)45(57)34(4)64-44)49(59)52-27-20-19-21-32(2)46(62-8)33(3)39-29-37(53)38(65-39)24-17-11-12-18-26-42(54)55/h9-26,33-34,36-41,44-48,53,57-58,60H,27-31H2,1-8H3,(H,52,59)(H,54,55)/b10-9+,12-11+,20-19+,24-17+,25-14+,26-18+,32-21-/t33?,34-,36?,37?,38?,39?,40-,41+,44+,45+,46?,47-,48+,51-/m1/s1. The van der Waals surface area contributed by atoms with Crippen molar-refractivity contribution in [1.29, 1.82) is 0 Å². The van der Waals surface area contributed by atoms with Gasteiger partial charge in [-0.05, 0) is 31.9 Å². The number of nitrogens with one attached hydrogen (secondary N) is 1. The van der Waals surface area contributed by atoms with Gasteiger partial charge in [-0.2, -0.15) is 0 Å². The number of hydrogen-bond donors (Lipinski definition) is 6. The maximum absolute atomic E-state index is 14.4. The number of rotatable bonds is 22. The maximum atomic E-state index is 14.4. The van der Waals surface area contributed by atoms with Gasteiger partial charge in [0.1, 0.15) is 30.3 Å². The maximum Gasteiger partial charge on any atom is 0.328 e. The van der Waals surface area contributed by atoms with Crippen LogP contribution >= 0.6 is 0 Å². The minimum atomic E-state index is -2.68.